The third-order valence-corrected chi connectivity index (χ3v) is 3.22. The van der Waals surface area contributed by atoms with Gasteiger partial charge >= 0.3 is 0 Å². The van der Waals surface area contributed by atoms with E-state index in [0.717, 1.165) is 28.0 Å². The summed E-state index contributed by atoms with van der Waals surface area (Å²) in [7, 11) is 1.64. The normalized spacial score (nSPS) is 13.1. The molecule has 1 aliphatic heterocycles. The molecular formula is C15H13NO2. The molecule has 3 nitrogen and oxygen atoms in total. The van der Waals surface area contributed by atoms with E-state index in [2.05, 4.69) is 5.32 Å². The largest absolute Gasteiger partial charge is 0.497 e. The number of fused-ring (bicyclic) bond motifs is 1. The van der Waals surface area contributed by atoms with Gasteiger partial charge in [-0.05, 0) is 28.8 Å². The molecule has 0 fully saturated rings. The van der Waals surface area contributed by atoms with E-state index in [-0.39, 0.29) is 5.91 Å². The van der Waals surface area contributed by atoms with E-state index in [1.54, 1.807) is 7.11 Å². The molecule has 1 amide bonds. The molecule has 1 N–H and O–H groups in total. The van der Waals surface area contributed by atoms with Crippen molar-refractivity contribution in [2.24, 2.45) is 0 Å². The Morgan fingerprint density at radius 1 is 1.11 bits per heavy atom. The average Bonchev–Trinajstić information content (AvgIpc) is 2.81. The van der Waals surface area contributed by atoms with Gasteiger partial charge in [0.05, 0.1) is 12.7 Å². The number of carbonyl (C=O) groups excluding carboxylic acids is 1. The summed E-state index contributed by atoms with van der Waals surface area (Å²) in [6.07, 6.45) is 0. The second-order valence-corrected chi connectivity index (χ2v) is 4.25. The predicted octanol–water partition coefficient (Wildman–Crippen LogP) is 2.61. The number of rotatable bonds is 2. The third-order valence-electron chi connectivity index (χ3n) is 3.22. The number of methoxy groups -OCH3 is 1. The van der Waals surface area contributed by atoms with Gasteiger partial charge in [0.1, 0.15) is 5.75 Å². The Labute approximate surface area is 105 Å². The molecular weight excluding hydrogens is 226 g/mol. The lowest BCUT2D eigenvalue weighted by molar-refractivity contribution is 0.0966. The number of ether oxygens (including phenoxy) is 1. The second-order valence-electron chi connectivity index (χ2n) is 4.25. The molecule has 0 saturated carbocycles. The maximum absolute atomic E-state index is 11.8. The van der Waals surface area contributed by atoms with Crippen molar-refractivity contribution < 1.29 is 9.53 Å². The summed E-state index contributed by atoms with van der Waals surface area (Å²) in [6.45, 7) is 0.623. The quantitative estimate of drug-likeness (QED) is 0.874. The summed E-state index contributed by atoms with van der Waals surface area (Å²) < 4.78 is 5.14. The van der Waals surface area contributed by atoms with Crippen LogP contribution in [0, 0.1) is 0 Å². The van der Waals surface area contributed by atoms with Crippen LogP contribution < -0.4 is 10.1 Å². The van der Waals surface area contributed by atoms with Crippen molar-refractivity contribution in [2.45, 2.75) is 6.54 Å². The first-order valence-corrected chi connectivity index (χ1v) is 5.84. The molecule has 0 radical (unpaired) electrons. The molecule has 1 aliphatic rings. The van der Waals surface area contributed by atoms with Crippen LogP contribution in [-0.4, -0.2) is 13.0 Å². The van der Waals surface area contributed by atoms with E-state index in [4.69, 9.17) is 4.74 Å². The molecule has 0 saturated heterocycles. The van der Waals surface area contributed by atoms with Crippen molar-refractivity contribution in [3.63, 3.8) is 0 Å². The highest BCUT2D eigenvalue weighted by molar-refractivity contribution is 6.04. The standard InChI is InChI=1S/C15H13NO2/c1-18-12-7-5-10(6-8-12)13-4-2-3-11-9-16-15(17)14(11)13/h2-8H,9H2,1H3,(H,16,17). The van der Waals surface area contributed by atoms with E-state index >= 15 is 0 Å². The number of carbonyl (C=O) groups is 1. The van der Waals surface area contributed by atoms with Crippen LogP contribution in [0.25, 0.3) is 11.1 Å². The monoisotopic (exact) mass is 239 g/mol. The zero-order valence-corrected chi connectivity index (χ0v) is 10.1. The topological polar surface area (TPSA) is 38.3 Å². The van der Waals surface area contributed by atoms with Gasteiger partial charge in [-0.3, -0.25) is 4.79 Å². The average molecular weight is 239 g/mol. The molecule has 1 heterocycles. The Bertz CT molecular complexity index is 602. The number of hydrogen-bond donors (Lipinski definition) is 1. The third kappa shape index (κ3) is 1.64. The number of benzene rings is 2. The lowest BCUT2D eigenvalue weighted by Gasteiger charge is -2.07. The van der Waals surface area contributed by atoms with Crippen molar-refractivity contribution in [1.29, 1.82) is 0 Å². The molecule has 0 aliphatic carbocycles. The van der Waals surface area contributed by atoms with Crippen molar-refractivity contribution in [1.82, 2.24) is 5.32 Å². The number of amides is 1. The van der Waals surface area contributed by atoms with Crippen LogP contribution in [0.3, 0.4) is 0 Å². The van der Waals surface area contributed by atoms with E-state index in [0.29, 0.717) is 6.54 Å². The fourth-order valence-electron chi connectivity index (χ4n) is 2.29. The van der Waals surface area contributed by atoms with Crippen LogP contribution in [0.15, 0.2) is 42.5 Å². The highest BCUT2D eigenvalue weighted by atomic mass is 16.5. The second kappa shape index (κ2) is 4.18. The fraction of sp³-hybridized carbons (Fsp3) is 0.133. The van der Waals surface area contributed by atoms with Gasteiger partial charge in [0.15, 0.2) is 0 Å². The van der Waals surface area contributed by atoms with Crippen LogP contribution >= 0.6 is 0 Å². The number of hydrogen-bond acceptors (Lipinski definition) is 2. The van der Waals surface area contributed by atoms with Crippen molar-refractivity contribution in [3.8, 4) is 16.9 Å². The Balaban J connectivity index is 2.12. The van der Waals surface area contributed by atoms with Gasteiger partial charge in [-0.25, -0.2) is 0 Å². The minimum absolute atomic E-state index is 0.0106. The van der Waals surface area contributed by atoms with Crippen LogP contribution in [0.1, 0.15) is 15.9 Å². The van der Waals surface area contributed by atoms with Crippen LogP contribution in [0.4, 0.5) is 0 Å². The fourth-order valence-corrected chi connectivity index (χ4v) is 2.29. The molecule has 2 aromatic carbocycles. The predicted molar refractivity (Wildman–Crippen MR) is 69.6 cm³/mol. The first-order chi connectivity index (χ1) is 8.79. The lowest BCUT2D eigenvalue weighted by atomic mass is 9.97. The molecule has 2 aromatic rings. The Morgan fingerprint density at radius 2 is 1.89 bits per heavy atom. The van der Waals surface area contributed by atoms with Gasteiger partial charge in [0, 0.05) is 6.54 Å². The zero-order valence-electron chi connectivity index (χ0n) is 10.1. The highest BCUT2D eigenvalue weighted by Gasteiger charge is 2.22. The van der Waals surface area contributed by atoms with E-state index in [1.807, 2.05) is 42.5 Å². The molecule has 3 heteroatoms. The van der Waals surface area contributed by atoms with Crippen LogP contribution in [0.5, 0.6) is 5.75 Å². The molecule has 0 atom stereocenters. The van der Waals surface area contributed by atoms with Gasteiger partial charge in [-0.1, -0.05) is 30.3 Å². The first kappa shape index (κ1) is 10.8. The van der Waals surface area contributed by atoms with E-state index < -0.39 is 0 Å². The molecule has 0 spiro atoms. The SMILES string of the molecule is COc1ccc(-c2cccc3c2C(=O)NC3)cc1. The lowest BCUT2D eigenvalue weighted by Crippen LogP contribution is -2.13. The van der Waals surface area contributed by atoms with Crippen molar-refractivity contribution in [3.05, 3.63) is 53.6 Å². The summed E-state index contributed by atoms with van der Waals surface area (Å²) in [4.78, 5) is 11.8. The molecule has 90 valence electrons. The van der Waals surface area contributed by atoms with Gasteiger partial charge in [-0.15, -0.1) is 0 Å². The Hall–Kier alpha value is -2.29. The van der Waals surface area contributed by atoms with Crippen molar-refractivity contribution in [2.75, 3.05) is 7.11 Å². The summed E-state index contributed by atoms with van der Waals surface area (Å²) in [5.74, 6) is 0.826. The molecule has 0 bridgehead atoms. The molecule has 18 heavy (non-hydrogen) atoms. The molecule has 0 aromatic heterocycles. The number of nitrogens with one attached hydrogen (secondary N) is 1. The van der Waals surface area contributed by atoms with Gasteiger partial charge in [-0.2, -0.15) is 0 Å². The summed E-state index contributed by atoms with van der Waals surface area (Å²) in [5.41, 5.74) is 3.87. The first-order valence-electron chi connectivity index (χ1n) is 5.84. The molecule has 3 rings (SSSR count). The Kier molecular flexibility index (Phi) is 2.52. The maximum atomic E-state index is 11.8. The van der Waals surface area contributed by atoms with E-state index in [9.17, 15) is 4.79 Å². The smallest absolute Gasteiger partial charge is 0.252 e. The zero-order chi connectivity index (χ0) is 12.5. The van der Waals surface area contributed by atoms with Gasteiger partial charge < -0.3 is 10.1 Å². The van der Waals surface area contributed by atoms with Crippen LogP contribution in [-0.2, 0) is 6.54 Å². The minimum Gasteiger partial charge on any atom is -0.497 e. The Morgan fingerprint density at radius 3 is 2.61 bits per heavy atom. The maximum Gasteiger partial charge on any atom is 0.252 e. The van der Waals surface area contributed by atoms with Gasteiger partial charge in [0.25, 0.3) is 5.91 Å². The summed E-state index contributed by atoms with van der Waals surface area (Å²) >= 11 is 0. The highest BCUT2D eigenvalue weighted by Crippen LogP contribution is 2.30. The van der Waals surface area contributed by atoms with Crippen molar-refractivity contribution >= 4 is 5.91 Å². The summed E-state index contributed by atoms with van der Waals surface area (Å²) in [5, 5.41) is 2.85. The van der Waals surface area contributed by atoms with Gasteiger partial charge in [0.2, 0.25) is 0 Å². The summed E-state index contributed by atoms with van der Waals surface area (Å²) in [6, 6.07) is 13.7. The van der Waals surface area contributed by atoms with E-state index in [1.165, 1.54) is 0 Å². The molecule has 0 unspecified atom stereocenters. The van der Waals surface area contributed by atoms with Crippen LogP contribution in [0.2, 0.25) is 0 Å². The minimum atomic E-state index is 0.0106.